The number of carbonyl (C=O) groups is 2. The van der Waals surface area contributed by atoms with Gasteiger partial charge in [0.25, 0.3) is 11.8 Å². The summed E-state index contributed by atoms with van der Waals surface area (Å²) in [5, 5.41) is 0.436. The first-order chi connectivity index (χ1) is 22.4. The maximum absolute atomic E-state index is 14.4. The van der Waals surface area contributed by atoms with E-state index in [9.17, 15) is 9.59 Å². The SMILES string of the molecule is COc1cccc(-c2cc(OC)c(C(=O)N3Cc4ccc(C(=O)N5CCC[C@H]5CN5CCCC5)n4Cc4ccccc43)cc2Cl)c1. The van der Waals surface area contributed by atoms with E-state index in [0.29, 0.717) is 40.9 Å². The number of carbonyl (C=O) groups excluding carboxylic acids is 2. The van der Waals surface area contributed by atoms with Crippen molar-refractivity contribution in [1.29, 1.82) is 0 Å². The second-order valence-corrected chi connectivity index (χ2v) is 12.8. The lowest BCUT2D eigenvalue weighted by molar-refractivity contribution is 0.0698. The van der Waals surface area contributed by atoms with Gasteiger partial charge in [-0.25, -0.2) is 0 Å². The third kappa shape index (κ3) is 5.65. The molecule has 238 valence electrons. The average Bonchev–Trinajstić information content (AvgIpc) is 3.84. The van der Waals surface area contributed by atoms with E-state index in [0.717, 1.165) is 67.1 Å². The van der Waals surface area contributed by atoms with Gasteiger partial charge in [-0.15, -0.1) is 0 Å². The molecule has 46 heavy (non-hydrogen) atoms. The number of aromatic nitrogens is 1. The number of halogens is 1. The number of amides is 2. The molecule has 0 spiro atoms. The molecule has 1 aromatic heterocycles. The van der Waals surface area contributed by atoms with E-state index in [1.807, 2.05) is 66.7 Å². The molecule has 0 unspecified atom stereocenters. The minimum absolute atomic E-state index is 0.0757. The summed E-state index contributed by atoms with van der Waals surface area (Å²) in [5.74, 6) is 0.989. The van der Waals surface area contributed by atoms with Gasteiger partial charge in [0.1, 0.15) is 17.2 Å². The molecule has 2 fully saturated rings. The van der Waals surface area contributed by atoms with Crippen molar-refractivity contribution < 1.29 is 19.1 Å². The molecule has 4 aromatic rings. The molecule has 9 heteroatoms. The number of methoxy groups -OCH3 is 2. The largest absolute Gasteiger partial charge is 0.497 e. The van der Waals surface area contributed by atoms with Crippen molar-refractivity contribution >= 4 is 29.1 Å². The Hall–Kier alpha value is -4.27. The number of rotatable bonds is 7. The van der Waals surface area contributed by atoms with Crippen LogP contribution >= 0.6 is 11.6 Å². The van der Waals surface area contributed by atoms with Crippen molar-refractivity contribution in [3.63, 3.8) is 0 Å². The molecule has 0 radical (unpaired) electrons. The van der Waals surface area contributed by atoms with Gasteiger partial charge < -0.3 is 28.7 Å². The van der Waals surface area contributed by atoms with Crippen LogP contribution in [0, 0.1) is 0 Å². The summed E-state index contributed by atoms with van der Waals surface area (Å²) >= 11 is 6.83. The Kier molecular flexibility index (Phi) is 8.49. The van der Waals surface area contributed by atoms with Crippen molar-refractivity contribution in [3.8, 4) is 22.6 Å². The zero-order valence-electron chi connectivity index (χ0n) is 26.4. The molecule has 3 aliphatic heterocycles. The summed E-state index contributed by atoms with van der Waals surface area (Å²) in [6, 6.07) is 23.2. The number of ether oxygens (including phenoxy) is 2. The van der Waals surface area contributed by atoms with Gasteiger partial charge in [0, 0.05) is 41.1 Å². The number of hydrogen-bond donors (Lipinski definition) is 0. The lowest BCUT2D eigenvalue weighted by Gasteiger charge is -2.29. The Balaban J connectivity index is 1.21. The second-order valence-electron chi connectivity index (χ2n) is 12.4. The zero-order chi connectivity index (χ0) is 31.8. The summed E-state index contributed by atoms with van der Waals surface area (Å²) in [4.78, 5) is 34.9. The lowest BCUT2D eigenvalue weighted by atomic mass is 10.0. The molecule has 7 rings (SSSR count). The first kappa shape index (κ1) is 30.4. The summed E-state index contributed by atoms with van der Waals surface area (Å²) < 4.78 is 13.3. The average molecular weight is 639 g/mol. The number of nitrogens with zero attached hydrogens (tertiary/aromatic N) is 4. The molecule has 0 N–H and O–H groups in total. The first-order valence-corrected chi connectivity index (χ1v) is 16.5. The Labute approximate surface area is 275 Å². The lowest BCUT2D eigenvalue weighted by Crippen LogP contribution is -2.43. The Morgan fingerprint density at radius 3 is 2.48 bits per heavy atom. The smallest absolute Gasteiger partial charge is 0.270 e. The highest BCUT2D eigenvalue weighted by Crippen LogP contribution is 2.38. The van der Waals surface area contributed by atoms with Crippen LogP contribution in [0.4, 0.5) is 5.69 Å². The summed E-state index contributed by atoms with van der Waals surface area (Å²) in [6.45, 7) is 4.79. The third-order valence-corrected chi connectivity index (χ3v) is 9.98. The van der Waals surface area contributed by atoms with Crippen LogP contribution in [0.5, 0.6) is 11.5 Å². The van der Waals surface area contributed by atoms with Crippen molar-refractivity contribution in [3.05, 3.63) is 100 Å². The van der Waals surface area contributed by atoms with Crippen molar-refractivity contribution in [2.45, 2.75) is 44.8 Å². The standard InChI is InChI=1S/C37H39ClN4O4/c1-45-29-12-7-10-25(19-29)30-21-35(46-2)31(20-32(30)38)36(43)42-24-28-14-15-34(41(28)22-26-9-3-4-13-33(26)42)37(44)40-18-8-11-27(40)23-39-16-5-6-17-39/h3-4,7,9-10,12-15,19-21,27H,5-6,8,11,16-18,22-24H2,1-2H3/t27-/m0/s1. The van der Waals surface area contributed by atoms with E-state index in [2.05, 4.69) is 14.4 Å². The van der Waals surface area contributed by atoms with Gasteiger partial charge in [0.05, 0.1) is 32.9 Å². The van der Waals surface area contributed by atoms with Gasteiger partial charge >= 0.3 is 0 Å². The van der Waals surface area contributed by atoms with Gasteiger partial charge in [-0.1, -0.05) is 41.9 Å². The summed E-state index contributed by atoms with van der Waals surface area (Å²) in [5.41, 5.74) is 5.32. The van der Waals surface area contributed by atoms with E-state index < -0.39 is 0 Å². The number of fused-ring (bicyclic) bond motifs is 2. The normalized spacial score (nSPS) is 17.8. The highest BCUT2D eigenvalue weighted by atomic mass is 35.5. The molecule has 0 saturated carbocycles. The highest BCUT2D eigenvalue weighted by molar-refractivity contribution is 6.34. The molecule has 1 atom stereocenters. The van der Waals surface area contributed by atoms with Crippen molar-refractivity contribution in [1.82, 2.24) is 14.4 Å². The second kappa shape index (κ2) is 12.9. The number of benzene rings is 3. The fourth-order valence-electron chi connectivity index (χ4n) is 7.28. The molecule has 8 nitrogen and oxygen atoms in total. The molecule has 2 amide bonds. The Bertz CT molecular complexity index is 1780. The third-order valence-electron chi connectivity index (χ3n) is 9.67. The van der Waals surface area contributed by atoms with Crippen LogP contribution < -0.4 is 14.4 Å². The number of likely N-dealkylation sites (tertiary alicyclic amines) is 2. The first-order valence-electron chi connectivity index (χ1n) is 16.1. The van der Waals surface area contributed by atoms with E-state index in [4.69, 9.17) is 21.1 Å². The molecule has 3 aromatic carbocycles. The van der Waals surface area contributed by atoms with Crippen LogP contribution in [0.25, 0.3) is 11.1 Å². The van der Waals surface area contributed by atoms with Gasteiger partial charge in [0.15, 0.2) is 0 Å². The number of hydrogen-bond acceptors (Lipinski definition) is 5. The zero-order valence-corrected chi connectivity index (χ0v) is 27.1. The van der Waals surface area contributed by atoms with Crippen molar-refractivity contribution in [2.24, 2.45) is 0 Å². The maximum atomic E-state index is 14.4. The quantitative estimate of drug-likeness (QED) is 0.224. The van der Waals surface area contributed by atoms with Crippen molar-refractivity contribution in [2.75, 3.05) is 45.3 Å². The van der Waals surface area contributed by atoms with Gasteiger partial charge in [-0.2, -0.15) is 0 Å². The fraction of sp³-hybridized carbons (Fsp3) is 0.351. The van der Waals surface area contributed by atoms with E-state index >= 15 is 0 Å². The molecule has 0 aliphatic carbocycles. The maximum Gasteiger partial charge on any atom is 0.270 e. The van der Waals surface area contributed by atoms with Gasteiger partial charge in [-0.05, 0) is 92.4 Å². The monoisotopic (exact) mass is 638 g/mol. The van der Waals surface area contributed by atoms with Crippen LogP contribution in [0.15, 0.2) is 72.8 Å². The van der Waals surface area contributed by atoms with Crippen LogP contribution in [-0.4, -0.2) is 72.6 Å². The Morgan fingerprint density at radius 1 is 0.848 bits per heavy atom. The highest BCUT2D eigenvalue weighted by Gasteiger charge is 2.35. The fourth-order valence-corrected chi connectivity index (χ4v) is 7.55. The molecular formula is C37H39ClN4O4. The molecule has 2 saturated heterocycles. The minimum Gasteiger partial charge on any atom is -0.497 e. The van der Waals surface area contributed by atoms with Crippen LogP contribution in [0.3, 0.4) is 0 Å². The summed E-state index contributed by atoms with van der Waals surface area (Å²) in [7, 11) is 3.18. The van der Waals surface area contributed by atoms with Crippen LogP contribution in [0.2, 0.25) is 5.02 Å². The minimum atomic E-state index is -0.226. The number of para-hydroxylation sites is 1. The summed E-state index contributed by atoms with van der Waals surface area (Å²) in [6.07, 6.45) is 4.56. The Morgan fingerprint density at radius 2 is 1.67 bits per heavy atom. The van der Waals surface area contributed by atoms with E-state index in [1.54, 1.807) is 25.2 Å². The predicted octanol–water partition coefficient (Wildman–Crippen LogP) is 6.73. The van der Waals surface area contributed by atoms with Crippen LogP contribution in [0.1, 0.15) is 57.8 Å². The van der Waals surface area contributed by atoms with Crippen LogP contribution in [-0.2, 0) is 13.1 Å². The molecule has 0 bridgehead atoms. The molecule has 3 aliphatic rings. The van der Waals surface area contributed by atoms with Gasteiger partial charge in [-0.3, -0.25) is 9.59 Å². The molecule has 4 heterocycles. The van der Waals surface area contributed by atoms with E-state index in [-0.39, 0.29) is 17.9 Å². The molecular weight excluding hydrogens is 600 g/mol. The predicted molar refractivity (Wildman–Crippen MR) is 180 cm³/mol. The van der Waals surface area contributed by atoms with E-state index in [1.165, 1.54) is 12.8 Å². The topological polar surface area (TPSA) is 67.2 Å². The van der Waals surface area contributed by atoms with Gasteiger partial charge in [0.2, 0.25) is 0 Å². The number of anilines is 1.